The molecule has 1 aromatic carbocycles. The number of nitrogens with one attached hydrogen (secondary N) is 1. The smallest absolute Gasteiger partial charge is 0.0305 e. The molecule has 0 radical (unpaired) electrons. The summed E-state index contributed by atoms with van der Waals surface area (Å²) in [5, 5.41) is 5.67. The van der Waals surface area contributed by atoms with E-state index in [4.69, 9.17) is 0 Å². The fraction of sp³-hybridized carbons (Fsp3) is 0.286. The Kier molecular flexibility index (Phi) is 3.75. The van der Waals surface area contributed by atoms with Crippen molar-refractivity contribution in [2.75, 3.05) is 0 Å². The molecule has 2 heteroatoms. The molecule has 1 atom stereocenters. The minimum absolute atomic E-state index is 0.406. The van der Waals surface area contributed by atoms with Gasteiger partial charge in [0, 0.05) is 17.5 Å². The Morgan fingerprint density at radius 3 is 2.69 bits per heavy atom. The Balaban J connectivity index is 1.98. The van der Waals surface area contributed by atoms with Crippen LogP contribution in [0.2, 0.25) is 0 Å². The van der Waals surface area contributed by atoms with Crippen LogP contribution in [0.5, 0.6) is 0 Å². The summed E-state index contributed by atoms with van der Waals surface area (Å²) in [6, 6.07) is 13.2. The van der Waals surface area contributed by atoms with Gasteiger partial charge in [0.05, 0.1) is 0 Å². The Hall–Kier alpha value is -1.12. The van der Waals surface area contributed by atoms with Gasteiger partial charge >= 0.3 is 0 Å². The lowest BCUT2D eigenvalue weighted by Gasteiger charge is -2.15. The third kappa shape index (κ3) is 2.71. The maximum atomic E-state index is 3.55. The van der Waals surface area contributed by atoms with Gasteiger partial charge in [-0.1, -0.05) is 30.3 Å². The normalized spacial score (nSPS) is 12.6. The molecule has 1 aromatic heterocycles. The second-order valence-electron chi connectivity index (χ2n) is 4.04. The van der Waals surface area contributed by atoms with Gasteiger partial charge in [-0.2, -0.15) is 0 Å². The Bertz CT molecular complexity index is 434. The average molecular weight is 231 g/mol. The molecule has 1 heterocycles. The standard InChI is InChI=1S/C14H17NS/c1-11-6-3-4-8-14(11)12(2)15-10-13-7-5-9-16-13/h3-9,12,15H,10H2,1-2H3. The molecule has 2 aromatic rings. The summed E-state index contributed by atoms with van der Waals surface area (Å²) in [4.78, 5) is 1.39. The van der Waals surface area contributed by atoms with E-state index in [1.807, 2.05) is 0 Å². The van der Waals surface area contributed by atoms with E-state index < -0.39 is 0 Å². The van der Waals surface area contributed by atoms with E-state index in [1.165, 1.54) is 16.0 Å². The largest absolute Gasteiger partial charge is 0.305 e. The predicted molar refractivity (Wildman–Crippen MR) is 70.8 cm³/mol. The van der Waals surface area contributed by atoms with E-state index >= 15 is 0 Å². The van der Waals surface area contributed by atoms with Crippen LogP contribution < -0.4 is 5.32 Å². The maximum Gasteiger partial charge on any atom is 0.0305 e. The molecule has 1 N–H and O–H groups in total. The molecule has 1 unspecified atom stereocenters. The highest BCUT2D eigenvalue weighted by molar-refractivity contribution is 7.09. The molecule has 1 nitrogen and oxygen atoms in total. The monoisotopic (exact) mass is 231 g/mol. The number of aryl methyl sites for hydroxylation is 1. The van der Waals surface area contributed by atoms with Gasteiger partial charge in [0.2, 0.25) is 0 Å². The van der Waals surface area contributed by atoms with E-state index in [2.05, 4.69) is 60.9 Å². The zero-order chi connectivity index (χ0) is 11.4. The second kappa shape index (κ2) is 5.28. The molecule has 0 saturated carbocycles. The third-order valence-corrected chi connectivity index (χ3v) is 3.69. The first-order chi connectivity index (χ1) is 7.77. The Morgan fingerprint density at radius 2 is 2.00 bits per heavy atom. The van der Waals surface area contributed by atoms with Gasteiger partial charge in [0.1, 0.15) is 0 Å². The molecule has 0 saturated heterocycles. The zero-order valence-electron chi connectivity index (χ0n) is 9.73. The van der Waals surface area contributed by atoms with Crippen molar-refractivity contribution in [2.45, 2.75) is 26.4 Å². The highest BCUT2D eigenvalue weighted by Crippen LogP contribution is 2.18. The lowest BCUT2D eigenvalue weighted by molar-refractivity contribution is 0.576. The van der Waals surface area contributed by atoms with Gasteiger partial charge in [-0.05, 0) is 36.4 Å². The van der Waals surface area contributed by atoms with Gasteiger partial charge in [-0.3, -0.25) is 0 Å². The molecule has 0 spiro atoms. The molecule has 0 aliphatic carbocycles. The first-order valence-corrected chi connectivity index (χ1v) is 6.46. The molecular weight excluding hydrogens is 214 g/mol. The van der Waals surface area contributed by atoms with Crippen LogP contribution in [0.15, 0.2) is 41.8 Å². The molecule has 84 valence electrons. The van der Waals surface area contributed by atoms with E-state index in [0.717, 1.165) is 6.54 Å². The number of hydrogen-bond acceptors (Lipinski definition) is 2. The van der Waals surface area contributed by atoms with Crippen LogP contribution >= 0.6 is 11.3 Å². The third-order valence-electron chi connectivity index (χ3n) is 2.82. The van der Waals surface area contributed by atoms with E-state index in [-0.39, 0.29) is 0 Å². The van der Waals surface area contributed by atoms with Gasteiger partial charge in [-0.25, -0.2) is 0 Å². The molecule has 0 bridgehead atoms. The van der Waals surface area contributed by atoms with Gasteiger partial charge in [0.25, 0.3) is 0 Å². The van der Waals surface area contributed by atoms with Crippen molar-refractivity contribution in [1.82, 2.24) is 5.32 Å². The zero-order valence-corrected chi connectivity index (χ0v) is 10.6. The summed E-state index contributed by atoms with van der Waals surface area (Å²) in [6.45, 7) is 5.34. The lowest BCUT2D eigenvalue weighted by Crippen LogP contribution is -2.18. The predicted octanol–water partition coefficient (Wildman–Crippen LogP) is 3.91. The number of rotatable bonds is 4. The van der Waals surface area contributed by atoms with Crippen molar-refractivity contribution < 1.29 is 0 Å². The fourth-order valence-electron chi connectivity index (χ4n) is 1.85. The van der Waals surface area contributed by atoms with Crippen molar-refractivity contribution in [3.05, 3.63) is 57.8 Å². The molecule has 2 rings (SSSR count). The maximum absolute atomic E-state index is 3.55. The highest BCUT2D eigenvalue weighted by atomic mass is 32.1. The topological polar surface area (TPSA) is 12.0 Å². The van der Waals surface area contributed by atoms with Crippen molar-refractivity contribution in [2.24, 2.45) is 0 Å². The SMILES string of the molecule is Cc1ccccc1C(C)NCc1cccs1. The first-order valence-electron chi connectivity index (χ1n) is 5.58. The number of hydrogen-bond donors (Lipinski definition) is 1. The van der Waals surface area contributed by atoms with E-state index in [1.54, 1.807) is 11.3 Å². The van der Waals surface area contributed by atoms with E-state index in [0.29, 0.717) is 6.04 Å². The summed E-state index contributed by atoms with van der Waals surface area (Å²) < 4.78 is 0. The summed E-state index contributed by atoms with van der Waals surface area (Å²) in [6.07, 6.45) is 0. The highest BCUT2D eigenvalue weighted by Gasteiger charge is 2.06. The minimum Gasteiger partial charge on any atom is -0.305 e. The van der Waals surface area contributed by atoms with Crippen LogP contribution in [0, 0.1) is 6.92 Å². The first kappa shape index (κ1) is 11.4. The van der Waals surface area contributed by atoms with Crippen LogP contribution in [0.1, 0.15) is 29.0 Å². The average Bonchev–Trinajstić information content (AvgIpc) is 2.79. The number of benzene rings is 1. The quantitative estimate of drug-likeness (QED) is 0.841. The molecule has 0 aliphatic rings. The van der Waals surface area contributed by atoms with Crippen LogP contribution in [0.4, 0.5) is 0 Å². The summed E-state index contributed by atoms with van der Waals surface area (Å²) in [5.74, 6) is 0. The Morgan fingerprint density at radius 1 is 1.19 bits per heavy atom. The molecular formula is C14H17NS. The van der Waals surface area contributed by atoms with E-state index in [9.17, 15) is 0 Å². The molecule has 0 aliphatic heterocycles. The lowest BCUT2D eigenvalue weighted by atomic mass is 10.0. The summed E-state index contributed by atoms with van der Waals surface area (Å²) in [5.41, 5.74) is 2.74. The summed E-state index contributed by atoms with van der Waals surface area (Å²) in [7, 11) is 0. The number of thiophene rings is 1. The van der Waals surface area contributed by atoms with Crippen molar-refractivity contribution in [3.63, 3.8) is 0 Å². The minimum atomic E-state index is 0.406. The van der Waals surface area contributed by atoms with Gasteiger partial charge < -0.3 is 5.32 Å². The van der Waals surface area contributed by atoms with Crippen LogP contribution in [0.25, 0.3) is 0 Å². The van der Waals surface area contributed by atoms with Crippen molar-refractivity contribution >= 4 is 11.3 Å². The van der Waals surface area contributed by atoms with Gasteiger partial charge in [-0.15, -0.1) is 11.3 Å². The van der Waals surface area contributed by atoms with Crippen molar-refractivity contribution in [3.8, 4) is 0 Å². The van der Waals surface area contributed by atoms with Crippen LogP contribution in [0.3, 0.4) is 0 Å². The molecule has 0 amide bonds. The Labute approximate surface area is 101 Å². The molecule has 16 heavy (non-hydrogen) atoms. The van der Waals surface area contributed by atoms with Crippen LogP contribution in [-0.4, -0.2) is 0 Å². The van der Waals surface area contributed by atoms with Crippen LogP contribution in [-0.2, 0) is 6.54 Å². The van der Waals surface area contributed by atoms with Crippen molar-refractivity contribution in [1.29, 1.82) is 0 Å². The fourth-order valence-corrected chi connectivity index (χ4v) is 2.51. The second-order valence-corrected chi connectivity index (χ2v) is 5.07. The summed E-state index contributed by atoms with van der Waals surface area (Å²) >= 11 is 1.80. The molecule has 0 fully saturated rings. The van der Waals surface area contributed by atoms with Gasteiger partial charge in [0.15, 0.2) is 0 Å².